The Morgan fingerprint density at radius 3 is 2.60 bits per heavy atom. The van der Waals surface area contributed by atoms with E-state index < -0.39 is 17.8 Å². The van der Waals surface area contributed by atoms with E-state index in [-0.39, 0.29) is 0 Å². The van der Waals surface area contributed by atoms with Crippen LogP contribution in [-0.2, 0) is 9.59 Å². The van der Waals surface area contributed by atoms with Gasteiger partial charge in [0.2, 0.25) is 0 Å². The summed E-state index contributed by atoms with van der Waals surface area (Å²) in [5.41, 5.74) is 2.37. The number of carboxylic acids is 1. The number of hydrogen-bond acceptors (Lipinski definition) is 3. The van der Waals surface area contributed by atoms with Crippen molar-refractivity contribution in [1.29, 1.82) is 0 Å². The van der Waals surface area contributed by atoms with Gasteiger partial charge in [-0.3, -0.25) is 9.59 Å². The summed E-state index contributed by atoms with van der Waals surface area (Å²) in [6.07, 6.45) is 0. The van der Waals surface area contributed by atoms with Crippen LogP contribution >= 0.6 is 0 Å². The van der Waals surface area contributed by atoms with Gasteiger partial charge in [0.15, 0.2) is 5.92 Å². The second kappa shape index (κ2) is 2.09. The van der Waals surface area contributed by atoms with Crippen molar-refractivity contribution in [3.05, 3.63) is 0 Å². The Labute approximate surface area is 56.7 Å². The molecule has 1 rings (SSSR count). The van der Waals surface area contributed by atoms with Gasteiger partial charge in [-0.05, 0) is 6.92 Å². The normalized spacial score (nSPS) is 23.9. The summed E-state index contributed by atoms with van der Waals surface area (Å²) in [4.78, 5) is 20.9. The second-order valence-electron chi connectivity index (χ2n) is 2.00. The highest BCUT2D eigenvalue weighted by Crippen LogP contribution is 2.05. The Kier molecular flexibility index (Phi) is 1.41. The fourth-order valence-electron chi connectivity index (χ4n) is 0.753. The molecule has 0 bridgehead atoms. The van der Waals surface area contributed by atoms with E-state index >= 15 is 0 Å². The van der Waals surface area contributed by atoms with Crippen LogP contribution < -0.4 is 5.43 Å². The van der Waals surface area contributed by atoms with Crippen LogP contribution in [0.4, 0.5) is 0 Å². The largest absolute Gasteiger partial charge is 0.480 e. The van der Waals surface area contributed by atoms with Crippen molar-refractivity contribution in [3.63, 3.8) is 0 Å². The molecule has 1 unspecified atom stereocenters. The third kappa shape index (κ3) is 0.854. The number of carbonyl (C=O) groups is 2. The quantitative estimate of drug-likeness (QED) is 0.470. The number of nitrogens with zero attached hydrogens (tertiary/aromatic N) is 1. The van der Waals surface area contributed by atoms with Gasteiger partial charge >= 0.3 is 5.97 Å². The highest BCUT2D eigenvalue weighted by atomic mass is 16.4. The Morgan fingerprint density at radius 1 is 1.80 bits per heavy atom. The van der Waals surface area contributed by atoms with E-state index in [1.807, 2.05) is 0 Å². The molecule has 0 radical (unpaired) electrons. The lowest BCUT2D eigenvalue weighted by atomic mass is 10.1. The molecule has 0 aromatic rings. The molecule has 0 aromatic heterocycles. The minimum atomic E-state index is -1.16. The Balaban J connectivity index is 2.84. The second-order valence-corrected chi connectivity index (χ2v) is 2.00. The summed E-state index contributed by atoms with van der Waals surface area (Å²) >= 11 is 0. The fourth-order valence-corrected chi connectivity index (χ4v) is 0.753. The molecular formula is C5H6N2O3. The molecule has 0 aliphatic carbocycles. The van der Waals surface area contributed by atoms with Crippen molar-refractivity contribution in [2.24, 2.45) is 11.0 Å². The SMILES string of the molecule is CC1=NNC(=O)C1C(=O)O. The van der Waals surface area contributed by atoms with E-state index in [1.54, 1.807) is 0 Å². The van der Waals surface area contributed by atoms with Crippen molar-refractivity contribution < 1.29 is 14.7 Å². The topological polar surface area (TPSA) is 78.8 Å². The maximum Gasteiger partial charge on any atom is 0.322 e. The van der Waals surface area contributed by atoms with Crippen LogP contribution in [-0.4, -0.2) is 22.7 Å². The van der Waals surface area contributed by atoms with Gasteiger partial charge in [0, 0.05) is 0 Å². The first-order chi connectivity index (χ1) is 4.63. The Morgan fingerprint density at radius 2 is 2.40 bits per heavy atom. The minimum Gasteiger partial charge on any atom is -0.480 e. The number of hydrazone groups is 1. The van der Waals surface area contributed by atoms with E-state index in [9.17, 15) is 9.59 Å². The average molecular weight is 142 g/mol. The van der Waals surface area contributed by atoms with Crippen molar-refractivity contribution >= 4 is 17.6 Å². The molecule has 1 aliphatic heterocycles. The van der Waals surface area contributed by atoms with E-state index in [4.69, 9.17) is 5.11 Å². The van der Waals surface area contributed by atoms with Crippen molar-refractivity contribution in [1.82, 2.24) is 5.43 Å². The lowest BCUT2D eigenvalue weighted by Gasteiger charge is -1.97. The van der Waals surface area contributed by atoms with Crippen LogP contribution in [0.5, 0.6) is 0 Å². The van der Waals surface area contributed by atoms with Crippen LogP contribution in [0.15, 0.2) is 5.10 Å². The van der Waals surface area contributed by atoms with Gasteiger partial charge in [0.1, 0.15) is 0 Å². The van der Waals surface area contributed by atoms with Crippen LogP contribution in [0.25, 0.3) is 0 Å². The number of amides is 1. The average Bonchev–Trinajstić information content (AvgIpc) is 2.11. The van der Waals surface area contributed by atoms with Gasteiger partial charge in [-0.25, -0.2) is 5.43 Å². The molecule has 5 heteroatoms. The summed E-state index contributed by atoms with van der Waals surface area (Å²) in [6, 6.07) is 0. The molecule has 0 spiro atoms. The molecule has 10 heavy (non-hydrogen) atoms. The number of carboxylic acid groups (broad SMARTS) is 1. The van der Waals surface area contributed by atoms with Gasteiger partial charge in [-0.2, -0.15) is 5.10 Å². The lowest BCUT2D eigenvalue weighted by molar-refractivity contribution is -0.143. The lowest BCUT2D eigenvalue weighted by Crippen LogP contribution is -2.29. The molecule has 0 saturated heterocycles. The zero-order valence-corrected chi connectivity index (χ0v) is 5.29. The zero-order valence-electron chi connectivity index (χ0n) is 5.29. The van der Waals surface area contributed by atoms with E-state index in [0.717, 1.165) is 0 Å². The monoisotopic (exact) mass is 142 g/mol. The molecule has 0 aromatic carbocycles. The maximum atomic E-state index is 10.6. The first-order valence-corrected chi connectivity index (χ1v) is 2.70. The summed E-state index contributed by atoms with van der Waals surface area (Å²) < 4.78 is 0. The first-order valence-electron chi connectivity index (χ1n) is 2.70. The van der Waals surface area contributed by atoms with Crippen LogP contribution in [0.3, 0.4) is 0 Å². The standard InChI is InChI=1S/C5H6N2O3/c1-2-3(5(9)10)4(8)7-6-2/h3H,1H3,(H,7,8)(H,9,10). The van der Waals surface area contributed by atoms with Crippen LogP contribution in [0.2, 0.25) is 0 Å². The van der Waals surface area contributed by atoms with Gasteiger partial charge in [0.05, 0.1) is 5.71 Å². The number of carbonyl (C=O) groups excluding carboxylic acids is 1. The molecule has 2 N–H and O–H groups in total. The van der Waals surface area contributed by atoms with Crippen LogP contribution in [0, 0.1) is 5.92 Å². The Hall–Kier alpha value is -1.39. The van der Waals surface area contributed by atoms with Gasteiger partial charge in [0.25, 0.3) is 5.91 Å². The first kappa shape index (κ1) is 6.73. The van der Waals surface area contributed by atoms with Gasteiger partial charge in [-0.15, -0.1) is 0 Å². The molecule has 54 valence electrons. The highest BCUT2D eigenvalue weighted by molar-refractivity contribution is 6.19. The van der Waals surface area contributed by atoms with Crippen LogP contribution in [0.1, 0.15) is 6.92 Å². The molecular weight excluding hydrogens is 136 g/mol. The number of rotatable bonds is 1. The van der Waals surface area contributed by atoms with Crippen molar-refractivity contribution in [2.75, 3.05) is 0 Å². The summed E-state index contributed by atoms with van der Waals surface area (Å²) in [5, 5.41) is 11.9. The number of aliphatic carboxylic acids is 1. The van der Waals surface area contributed by atoms with Gasteiger partial charge in [-0.1, -0.05) is 0 Å². The molecule has 1 atom stereocenters. The third-order valence-electron chi connectivity index (χ3n) is 1.27. The van der Waals surface area contributed by atoms with Crippen molar-refractivity contribution in [3.8, 4) is 0 Å². The number of hydrogen-bond donors (Lipinski definition) is 2. The molecule has 0 saturated carbocycles. The highest BCUT2D eigenvalue weighted by Gasteiger charge is 2.33. The third-order valence-corrected chi connectivity index (χ3v) is 1.27. The smallest absolute Gasteiger partial charge is 0.322 e. The maximum absolute atomic E-state index is 10.6. The number of nitrogens with one attached hydrogen (secondary N) is 1. The predicted octanol–water partition coefficient (Wildman–Crippen LogP) is -0.807. The summed E-state index contributed by atoms with van der Waals surface area (Å²) in [7, 11) is 0. The van der Waals surface area contributed by atoms with E-state index in [1.165, 1.54) is 6.92 Å². The Bertz CT molecular complexity index is 221. The van der Waals surface area contributed by atoms with Crippen molar-refractivity contribution in [2.45, 2.75) is 6.92 Å². The zero-order chi connectivity index (χ0) is 7.72. The van der Waals surface area contributed by atoms with E-state index in [2.05, 4.69) is 10.5 Å². The summed E-state index contributed by atoms with van der Waals surface area (Å²) in [6.45, 7) is 1.50. The fraction of sp³-hybridized carbons (Fsp3) is 0.400. The molecule has 5 nitrogen and oxygen atoms in total. The predicted molar refractivity (Wildman–Crippen MR) is 32.4 cm³/mol. The molecule has 1 aliphatic rings. The minimum absolute atomic E-state index is 0.303. The molecule has 1 heterocycles. The summed E-state index contributed by atoms with van der Waals surface area (Å²) in [5.74, 6) is -2.80. The van der Waals surface area contributed by atoms with E-state index in [0.29, 0.717) is 5.71 Å². The molecule has 0 fully saturated rings. The molecule has 1 amide bonds. The van der Waals surface area contributed by atoms with Gasteiger partial charge < -0.3 is 5.11 Å².